The number of carboxylic acid groups (broad SMARTS) is 1. The van der Waals surface area contributed by atoms with Gasteiger partial charge in [-0.25, -0.2) is 0 Å². The lowest BCUT2D eigenvalue weighted by atomic mass is 9.89. The molecule has 0 aliphatic heterocycles. The molecule has 1 rings (SSSR count). The van der Waals surface area contributed by atoms with E-state index in [2.05, 4.69) is 5.32 Å². The molecule has 0 aromatic heterocycles. The molecule has 0 amide bonds. The molecule has 0 saturated carbocycles. The lowest BCUT2D eigenvalue weighted by Gasteiger charge is -2.24. The Morgan fingerprint density at radius 2 is 2.18 bits per heavy atom. The molecule has 11 heavy (non-hydrogen) atoms. The fourth-order valence-corrected chi connectivity index (χ4v) is 1.41. The minimum atomic E-state index is -0.700. The van der Waals surface area contributed by atoms with Gasteiger partial charge in [-0.3, -0.25) is 4.79 Å². The monoisotopic (exact) mass is 155 g/mol. The van der Waals surface area contributed by atoms with Crippen LogP contribution in [-0.4, -0.2) is 24.2 Å². The van der Waals surface area contributed by atoms with Crippen molar-refractivity contribution in [3.63, 3.8) is 0 Å². The van der Waals surface area contributed by atoms with Crippen LogP contribution in [0.3, 0.4) is 0 Å². The summed E-state index contributed by atoms with van der Waals surface area (Å²) in [6, 6.07) is 0.109. The summed E-state index contributed by atoms with van der Waals surface area (Å²) >= 11 is 0. The van der Waals surface area contributed by atoms with E-state index >= 15 is 0 Å². The van der Waals surface area contributed by atoms with E-state index in [4.69, 9.17) is 5.11 Å². The van der Waals surface area contributed by atoms with Crippen molar-refractivity contribution in [2.24, 2.45) is 5.92 Å². The van der Waals surface area contributed by atoms with Crippen LogP contribution in [0.15, 0.2) is 12.2 Å². The second-order valence-electron chi connectivity index (χ2n) is 2.78. The standard InChI is InChI=1S/C8H13NO2/c1-9-7-5-3-2-4-6(7)8(10)11/h2-3,6-7,9H,4-5H2,1H3,(H,10,11)/t6-,7?/m1/s1. The minimum absolute atomic E-state index is 0.109. The minimum Gasteiger partial charge on any atom is -0.481 e. The van der Waals surface area contributed by atoms with Gasteiger partial charge in [0.05, 0.1) is 5.92 Å². The maximum Gasteiger partial charge on any atom is 0.308 e. The van der Waals surface area contributed by atoms with Crippen LogP contribution >= 0.6 is 0 Å². The second-order valence-corrected chi connectivity index (χ2v) is 2.78. The third-order valence-electron chi connectivity index (χ3n) is 2.12. The van der Waals surface area contributed by atoms with Crippen molar-refractivity contribution in [1.29, 1.82) is 0 Å². The molecule has 3 heteroatoms. The van der Waals surface area contributed by atoms with E-state index in [9.17, 15) is 4.79 Å². The SMILES string of the molecule is CNC1CC=CC[C@H]1C(=O)O. The van der Waals surface area contributed by atoms with Gasteiger partial charge >= 0.3 is 5.97 Å². The predicted octanol–water partition coefficient (Wildman–Crippen LogP) is 0.625. The van der Waals surface area contributed by atoms with Gasteiger partial charge in [0.15, 0.2) is 0 Å². The van der Waals surface area contributed by atoms with Gasteiger partial charge in [-0.1, -0.05) is 12.2 Å². The zero-order valence-electron chi connectivity index (χ0n) is 6.58. The lowest BCUT2D eigenvalue weighted by Crippen LogP contribution is -2.38. The molecule has 0 bridgehead atoms. The molecule has 3 nitrogen and oxygen atoms in total. The average Bonchev–Trinajstić information content (AvgIpc) is 2.04. The maximum absolute atomic E-state index is 10.6. The zero-order chi connectivity index (χ0) is 8.27. The Bertz CT molecular complexity index is 177. The Balaban J connectivity index is 2.61. The number of carbonyl (C=O) groups is 1. The third kappa shape index (κ3) is 1.80. The quantitative estimate of drug-likeness (QED) is 0.575. The van der Waals surface area contributed by atoms with Crippen molar-refractivity contribution in [2.75, 3.05) is 7.05 Å². The van der Waals surface area contributed by atoms with Crippen molar-refractivity contribution < 1.29 is 9.90 Å². The molecule has 0 spiro atoms. The first-order valence-electron chi connectivity index (χ1n) is 3.80. The van der Waals surface area contributed by atoms with Gasteiger partial charge in [0.1, 0.15) is 0 Å². The van der Waals surface area contributed by atoms with Crippen LogP contribution in [0.25, 0.3) is 0 Å². The van der Waals surface area contributed by atoms with Crippen molar-refractivity contribution >= 4 is 5.97 Å². The van der Waals surface area contributed by atoms with Crippen molar-refractivity contribution in [1.82, 2.24) is 5.32 Å². The number of nitrogens with one attached hydrogen (secondary N) is 1. The van der Waals surface area contributed by atoms with E-state index in [1.165, 1.54) is 0 Å². The van der Waals surface area contributed by atoms with Gasteiger partial charge in [-0.05, 0) is 19.9 Å². The van der Waals surface area contributed by atoms with Crippen molar-refractivity contribution in [3.8, 4) is 0 Å². The molecule has 1 unspecified atom stereocenters. The number of aliphatic carboxylic acids is 1. The fourth-order valence-electron chi connectivity index (χ4n) is 1.41. The highest BCUT2D eigenvalue weighted by molar-refractivity contribution is 5.71. The molecule has 2 N–H and O–H groups in total. The smallest absolute Gasteiger partial charge is 0.308 e. The highest BCUT2D eigenvalue weighted by atomic mass is 16.4. The largest absolute Gasteiger partial charge is 0.481 e. The van der Waals surface area contributed by atoms with Gasteiger partial charge in [-0.2, -0.15) is 0 Å². The van der Waals surface area contributed by atoms with Crippen molar-refractivity contribution in [2.45, 2.75) is 18.9 Å². The molecule has 0 saturated heterocycles. The Hall–Kier alpha value is -0.830. The number of hydrogen-bond acceptors (Lipinski definition) is 2. The topological polar surface area (TPSA) is 49.3 Å². The van der Waals surface area contributed by atoms with Crippen LogP contribution in [-0.2, 0) is 4.79 Å². The summed E-state index contributed by atoms with van der Waals surface area (Å²) in [6.07, 6.45) is 5.45. The third-order valence-corrected chi connectivity index (χ3v) is 2.12. The summed E-state index contributed by atoms with van der Waals surface area (Å²) in [5, 5.41) is 11.8. The van der Waals surface area contributed by atoms with E-state index < -0.39 is 5.97 Å². The molecule has 0 aromatic carbocycles. The normalized spacial score (nSPS) is 30.3. The van der Waals surface area contributed by atoms with Gasteiger partial charge < -0.3 is 10.4 Å². The zero-order valence-corrected chi connectivity index (χ0v) is 6.58. The summed E-state index contributed by atoms with van der Waals surface area (Å²) in [7, 11) is 1.81. The Kier molecular flexibility index (Phi) is 2.65. The van der Waals surface area contributed by atoms with Crippen LogP contribution in [0.2, 0.25) is 0 Å². The number of carboxylic acids is 1. The number of allylic oxidation sites excluding steroid dienone is 1. The summed E-state index contributed by atoms with van der Waals surface area (Å²) in [6.45, 7) is 0. The van der Waals surface area contributed by atoms with Gasteiger partial charge in [0, 0.05) is 6.04 Å². The van der Waals surface area contributed by atoms with Crippen LogP contribution in [0.1, 0.15) is 12.8 Å². The highest BCUT2D eigenvalue weighted by Crippen LogP contribution is 2.18. The van der Waals surface area contributed by atoms with E-state index in [0.717, 1.165) is 6.42 Å². The molecule has 0 fully saturated rings. The predicted molar refractivity (Wildman–Crippen MR) is 42.3 cm³/mol. The Morgan fingerprint density at radius 1 is 1.55 bits per heavy atom. The maximum atomic E-state index is 10.6. The molecule has 62 valence electrons. The number of hydrogen-bond donors (Lipinski definition) is 2. The van der Waals surface area contributed by atoms with E-state index in [-0.39, 0.29) is 12.0 Å². The Labute approximate surface area is 66.1 Å². The van der Waals surface area contributed by atoms with Gasteiger partial charge in [0.25, 0.3) is 0 Å². The molecule has 0 radical (unpaired) electrons. The van der Waals surface area contributed by atoms with Crippen LogP contribution < -0.4 is 5.32 Å². The molecular weight excluding hydrogens is 142 g/mol. The summed E-state index contributed by atoms with van der Waals surface area (Å²) < 4.78 is 0. The van der Waals surface area contributed by atoms with E-state index in [1.807, 2.05) is 12.2 Å². The molecule has 2 atom stereocenters. The summed E-state index contributed by atoms with van der Waals surface area (Å²) in [4.78, 5) is 10.6. The van der Waals surface area contributed by atoms with E-state index in [0.29, 0.717) is 6.42 Å². The first-order valence-corrected chi connectivity index (χ1v) is 3.80. The second kappa shape index (κ2) is 3.53. The fraction of sp³-hybridized carbons (Fsp3) is 0.625. The van der Waals surface area contributed by atoms with Crippen LogP contribution in [0, 0.1) is 5.92 Å². The molecular formula is C8H13NO2. The van der Waals surface area contributed by atoms with Crippen LogP contribution in [0.5, 0.6) is 0 Å². The van der Waals surface area contributed by atoms with Gasteiger partial charge in [-0.15, -0.1) is 0 Å². The number of rotatable bonds is 2. The average molecular weight is 155 g/mol. The van der Waals surface area contributed by atoms with E-state index in [1.54, 1.807) is 7.05 Å². The lowest BCUT2D eigenvalue weighted by molar-refractivity contribution is -0.142. The van der Waals surface area contributed by atoms with Crippen molar-refractivity contribution in [3.05, 3.63) is 12.2 Å². The molecule has 0 heterocycles. The molecule has 1 aliphatic carbocycles. The summed E-state index contributed by atoms with van der Waals surface area (Å²) in [5.74, 6) is -0.946. The van der Waals surface area contributed by atoms with Gasteiger partial charge in [0.2, 0.25) is 0 Å². The first-order chi connectivity index (χ1) is 5.25. The highest BCUT2D eigenvalue weighted by Gasteiger charge is 2.26. The van der Waals surface area contributed by atoms with Crippen LogP contribution in [0.4, 0.5) is 0 Å². The molecule has 0 aromatic rings. The first kappa shape index (κ1) is 8.27. The molecule has 1 aliphatic rings. The Morgan fingerprint density at radius 3 is 2.64 bits per heavy atom. The summed E-state index contributed by atoms with van der Waals surface area (Å²) in [5.41, 5.74) is 0.